The monoisotopic (exact) mass is 709 g/mol. The van der Waals surface area contributed by atoms with Gasteiger partial charge in [0.05, 0.1) is 6.10 Å². The maximum absolute atomic E-state index is 13.7. The first-order valence-corrected chi connectivity index (χ1v) is 18.8. The van der Waals surface area contributed by atoms with Crippen molar-refractivity contribution in [2.24, 2.45) is 22.7 Å². The highest BCUT2D eigenvalue weighted by molar-refractivity contribution is 5.70. The second-order valence-electron chi connectivity index (χ2n) is 15.4. The Morgan fingerprint density at radius 2 is 1.57 bits per heavy atom. The second-order valence-corrected chi connectivity index (χ2v) is 15.4. The van der Waals surface area contributed by atoms with Gasteiger partial charge in [-0.25, -0.2) is 4.79 Å². The quantitative estimate of drug-likeness (QED) is 0.156. The minimum Gasteiger partial charge on any atom is -0.482 e. The molecule has 1 N–H and O–H groups in total. The minimum absolute atomic E-state index is 0.00358. The molecule has 2 aromatic heterocycles. The van der Waals surface area contributed by atoms with Crippen molar-refractivity contribution in [2.45, 2.75) is 143 Å². The third-order valence-corrected chi connectivity index (χ3v) is 11.8. The molecule has 0 amide bonds. The molecule has 2 aromatic rings. The number of unbranched alkanes of at least 4 members (excludes halogenated alkanes) is 3. The van der Waals surface area contributed by atoms with Crippen molar-refractivity contribution in [1.29, 1.82) is 0 Å². The van der Waals surface area contributed by atoms with E-state index in [9.17, 15) is 24.3 Å². The number of hydrogen-bond acceptors (Lipinski definition) is 11. The Morgan fingerprint density at radius 1 is 0.941 bits per heavy atom. The Balaban J connectivity index is 1.61. The summed E-state index contributed by atoms with van der Waals surface area (Å²) in [6.45, 7) is 11.9. The number of carbonyl (C=O) groups excluding carboxylic acids is 3. The summed E-state index contributed by atoms with van der Waals surface area (Å²) in [7, 11) is 0. The molecule has 11 nitrogen and oxygen atoms in total. The standard InChI is InChI=1S/C40H55NO10/c1-7-10-15-31(42)47-24-39(5)28-22-30(50-33(44)17-12-9-3)40(6)36(38(28,4)19-18-29(39)49-32(43)16-11-8-2)35(45)34-27(51-40)21-26(48-37(34)46)25-14-13-20-41-23-25/h13-14,20-21,23,28-30,35-36,45H,7-12,15-19,22,24H2,1-6H3/t28-,29+,30+,35+,36-,38+,39+,40-/m1/s1. The van der Waals surface area contributed by atoms with Gasteiger partial charge in [-0.2, -0.15) is 0 Å². The summed E-state index contributed by atoms with van der Waals surface area (Å²) in [6.07, 6.45) is 6.93. The smallest absolute Gasteiger partial charge is 0.345 e. The highest BCUT2D eigenvalue weighted by Crippen LogP contribution is 2.67. The van der Waals surface area contributed by atoms with Crippen LogP contribution in [-0.4, -0.2) is 52.4 Å². The Labute approximate surface area is 300 Å². The first-order chi connectivity index (χ1) is 24.3. The van der Waals surface area contributed by atoms with Crippen LogP contribution in [0.4, 0.5) is 0 Å². The zero-order valence-corrected chi connectivity index (χ0v) is 31.0. The predicted molar refractivity (Wildman–Crippen MR) is 189 cm³/mol. The maximum atomic E-state index is 13.7. The number of hydrogen-bond donors (Lipinski definition) is 1. The average molecular weight is 710 g/mol. The van der Waals surface area contributed by atoms with Gasteiger partial charge in [0.15, 0.2) is 0 Å². The molecular weight excluding hydrogens is 654 g/mol. The van der Waals surface area contributed by atoms with Crippen molar-refractivity contribution in [1.82, 2.24) is 4.98 Å². The molecule has 11 heteroatoms. The number of aliphatic hydroxyl groups is 1. The number of carbonyl (C=O) groups is 3. The van der Waals surface area contributed by atoms with Crippen LogP contribution in [0.3, 0.4) is 0 Å². The lowest BCUT2D eigenvalue weighted by Gasteiger charge is -2.66. The Morgan fingerprint density at radius 3 is 2.18 bits per heavy atom. The number of rotatable bonds is 14. The van der Waals surface area contributed by atoms with Crippen molar-refractivity contribution < 1.29 is 42.9 Å². The van der Waals surface area contributed by atoms with Gasteiger partial charge in [0.1, 0.15) is 41.5 Å². The molecule has 2 aliphatic carbocycles. The largest absolute Gasteiger partial charge is 0.482 e. The molecule has 280 valence electrons. The lowest BCUT2D eigenvalue weighted by molar-refractivity contribution is -0.271. The van der Waals surface area contributed by atoms with Crippen molar-refractivity contribution in [3.05, 3.63) is 46.6 Å². The molecule has 0 saturated heterocycles. The van der Waals surface area contributed by atoms with E-state index in [1.165, 1.54) is 0 Å². The van der Waals surface area contributed by atoms with Gasteiger partial charge in [-0.05, 0) is 68.9 Å². The molecule has 5 rings (SSSR count). The molecule has 0 spiro atoms. The lowest BCUT2D eigenvalue weighted by atomic mass is 9.42. The zero-order chi connectivity index (χ0) is 37.0. The highest BCUT2D eigenvalue weighted by atomic mass is 16.6. The molecule has 51 heavy (non-hydrogen) atoms. The van der Waals surface area contributed by atoms with Crippen LogP contribution in [0.15, 0.2) is 39.8 Å². The van der Waals surface area contributed by atoms with Gasteiger partial charge in [0, 0.05) is 54.6 Å². The first kappa shape index (κ1) is 38.5. The lowest BCUT2D eigenvalue weighted by Crippen LogP contribution is -2.71. The number of aliphatic hydroxyl groups excluding tert-OH is 1. The number of nitrogens with zero attached hydrogens (tertiary/aromatic N) is 1. The summed E-state index contributed by atoms with van der Waals surface area (Å²) in [4.78, 5) is 57.3. The summed E-state index contributed by atoms with van der Waals surface area (Å²) in [6, 6.07) is 5.08. The van der Waals surface area contributed by atoms with E-state index in [1.54, 1.807) is 30.6 Å². The topological polar surface area (TPSA) is 151 Å². The highest BCUT2D eigenvalue weighted by Gasteiger charge is 2.71. The van der Waals surface area contributed by atoms with Crippen LogP contribution in [0.5, 0.6) is 5.75 Å². The molecule has 8 atom stereocenters. The molecule has 1 aliphatic heterocycles. The Bertz CT molecular complexity index is 1610. The zero-order valence-electron chi connectivity index (χ0n) is 31.0. The molecule has 0 unspecified atom stereocenters. The molecule has 3 heterocycles. The molecule has 2 saturated carbocycles. The van der Waals surface area contributed by atoms with Gasteiger partial charge in [-0.1, -0.05) is 53.9 Å². The normalized spacial score (nSPS) is 30.9. The van der Waals surface area contributed by atoms with E-state index in [0.29, 0.717) is 44.1 Å². The average Bonchev–Trinajstić information content (AvgIpc) is 3.10. The molecular formula is C40H55NO10. The van der Waals surface area contributed by atoms with Crippen molar-refractivity contribution in [3.63, 3.8) is 0 Å². The van der Waals surface area contributed by atoms with E-state index in [4.69, 9.17) is 23.4 Å². The van der Waals surface area contributed by atoms with Crippen LogP contribution >= 0.6 is 0 Å². The molecule has 0 radical (unpaired) electrons. The molecule has 2 fully saturated rings. The third-order valence-electron chi connectivity index (χ3n) is 11.8. The number of pyridine rings is 1. The van der Waals surface area contributed by atoms with Crippen LogP contribution in [0.1, 0.15) is 130 Å². The van der Waals surface area contributed by atoms with Crippen LogP contribution in [0, 0.1) is 22.7 Å². The van der Waals surface area contributed by atoms with E-state index < -0.39 is 46.3 Å². The SMILES string of the molecule is CCCCC(=O)OC[C@@]1(C)[C@@H]2C[C@H](OC(=O)CCCC)[C@@]3(C)Oc4cc(-c5cccnc5)oc(=O)c4[C@H](O)[C@@H]3[C@@]2(C)CC[C@@H]1OC(=O)CCCC. The van der Waals surface area contributed by atoms with E-state index >= 15 is 0 Å². The van der Waals surface area contributed by atoms with Gasteiger partial charge in [0.2, 0.25) is 0 Å². The van der Waals surface area contributed by atoms with Crippen molar-refractivity contribution >= 4 is 17.9 Å². The molecule has 0 aromatic carbocycles. The summed E-state index contributed by atoms with van der Waals surface area (Å²) in [5.74, 6) is -1.76. The Hall–Kier alpha value is -3.73. The van der Waals surface area contributed by atoms with Gasteiger partial charge in [-0.3, -0.25) is 19.4 Å². The maximum Gasteiger partial charge on any atom is 0.345 e. The van der Waals surface area contributed by atoms with Crippen LogP contribution in [-0.2, 0) is 28.6 Å². The van der Waals surface area contributed by atoms with Gasteiger partial charge >= 0.3 is 23.5 Å². The number of esters is 3. The van der Waals surface area contributed by atoms with Crippen LogP contribution in [0.25, 0.3) is 11.3 Å². The van der Waals surface area contributed by atoms with Crippen LogP contribution < -0.4 is 10.4 Å². The summed E-state index contributed by atoms with van der Waals surface area (Å²) >= 11 is 0. The number of aromatic nitrogens is 1. The fourth-order valence-electron chi connectivity index (χ4n) is 9.09. The van der Waals surface area contributed by atoms with Gasteiger partial charge in [0.25, 0.3) is 0 Å². The summed E-state index contributed by atoms with van der Waals surface area (Å²) in [5.41, 5.74) is -3.08. The number of ether oxygens (including phenoxy) is 4. The van der Waals surface area contributed by atoms with Crippen molar-refractivity contribution in [3.8, 4) is 17.1 Å². The fraction of sp³-hybridized carbons (Fsp3) is 0.675. The molecule has 3 aliphatic rings. The summed E-state index contributed by atoms with van der Waals surface area (Å²) < 4.78 is 31.0. The van der Waals surface area contributed by atoms with E-state index in [0.717, 1.165) is 19.3 Å². The fourth-order valence-corrected chi connectivity index (χ4v) is 9.09. The van der Waals surface area contributed by atoms with E-state index in [2.05, 4.69) is 11.9 Å². The van der Waals surface area contributed by atoms with Crippen molar-refractivity contribution in [2.75, 3.05) is 6.61 Å². The minimum atomic E-state index is -1.34. The third kappa shape index (κ3) is 7.59. The summed E-state index contributed by atoms with van der Waals surface area (Å²) in [5, 5.41) is 12.4. The molecule has 0 bridgehead atoms. The van der Waals surface area contributed by atoms with E-state index in [-0.39, 0.29) is 66.8 Å². The number of fused-ring (bicyclic) bond motifs is 4. The Kier molecular flexibility index (Phi) is 12.0. The first-order valence-electron chi connectivity index (χ1n) is 18.8. The second kappa shape index (κ2) is 15.9. The van der Waals surface area contributed by atoms with Gasteiger partial charge in [-0.15, -0.1) is 0 Å². The van der Waals surface area contributed by atoms with E-state index in [1.807, 2.05) is 34.6 Å². The van der Waals surface area contributed by atoms with Crippen LogP contribution in [0.2, 0.25) is 0 Å². The predicted octanol–water partition coefficient (Wildman–Crippen LogP) is 7.27. The van der Waals surface area contributed by atoms with Gasteiger partial charge < -0.3 is 28.5 Å².